The number of ether oxygens (including phenoxy) is 1. The molecule has 0 saturated carbocycles. The maximum atomic E-state index is 5.47. The van der Waals surface area contributed by atoms with Crippen molar-refractivity contribution in [3.05, 3.63) is 59.2 Å². The molecule has 0 bridgehead atoms. The van der Waals surface area contributed by atoms with E-state index in [1.165, 1.54) is 29.8 Å². The third-order valence-electron chi connectivity index (χ3n) is 7.21. The summed E-state index contributed by atoms with van der Waals surface area (Å²) in [5.41, 5.74) is 7.31. The second-order valence-corrected chi connectivity index (χ2v) is 9.29. The minimum Gasteiger partial charge on any atom is -0.378 e. The predicted molar refractivity (Wildman–Crippen MR) is 128 cm³/mol. The van der Waals surface area contributed by atoms with Crippen LogP contribution in [0.15, 0.2) is 42.5 Å². The number of nitrogens with one attached hydrogen (secondary N) is 1. The standard InChI is InChI=1S/C26H36N4O/c1-28-11-13-30(14-12-28)26-4-2-3-22-7-8-23(19-25(22)26)27-20-21-5-9-24(10-6-21)29-15-17-31-18-16-29/h2-6,9-10,23,27H,7-8,11-20H2,1H3/t23-/m1/s1. The van der Waals surface area contributed by atoms with Crippen LogP contribution in [0.25, 0.3) is 0 Å². The van der Waals surface area contributed by atoms with Gasteiger partial charge in [-0.2, -0.15) is 0 Å². The Bertz CT molecular complexity index is 854. The highest BCUT2D eigenvalue weighted by molar-refractivity contribution is 5.58. The third-order valence-corrected chi connectivity index (χ3v) is 7.21. The average molecular weight is 421 g/mol. The number of hydrogen-bond donors (Lipinski definition) is 1. The molecule has 0 spiro atoms. The van der Waals surface area contributed by atoms with Gasteiger partial charge in [0, 0.05) is 63.2 Å². The average Bonchev–Trinajstić information content (AvgIpc) is 2.84. The van der Waals surface area contributed by atoms with Gasteiger partial charge in [-0.05, 0) is 61.2 Å². The maximum absolute atomic E-state index is 5.47. The Labute approximate surface area is 187 Å². The van der Waals surface area contributed by atoms with Gasteiger partial charge in [0.1, 0.15) is 0 Å². The molecule has 31 heavy (non-hydrogen) atoms. The highest BCUT2D eigenvalue weighted by Crippen LogP contribution is 2.31. The summed E-state index contributed by atoms with van der Waals surface area (Å²) in [7, 11) is 2.23. The van der Waals surface area contributed by atoms with Crippen LogP contribution < -0.4 is 15.1 Å². The lowest BCUT2D eigenvalue weighted by Gasteiger charge is -2.37. The highest BCUT2D eigenvalue weighted by atomic mass is 16.5. The van der Waals surface area contributed by atoms with Gasteiger partial charge in [-0.3, -0.25) is 0 Å². The molecule has 3 aliphatic rings. The van der Waals surface area contributed by atoms with Crippen LogP contribution in [-0.2, 0) is 24.1 Å². The molecule has 0 unspecified atom stereocenters. The molecule has 1 N–H and O–H groups in total. The second-order valence-electron chi connectivity index (χ2n) is 9.29. The molecule has 5 rings (SSSR count). The van der Waals surface area contributed by atoms with Gasteiger partial charge in [0.2, 0.25) is 0 Å². The Morgan fingerprint density at radius 1 is 0.903 bits per heavy atom. The van der Waals surface area contributed by atoms with Crippen LogP contribution in [0.1, 0.15) is 23.1 Å². The Balaban J connectivity index is 1.20. The molecule has 2 aliphatic heterocycles. The predicted octanol–water partition coefficient (Wildman–Crippen LogP) is 2.92. The lowest BCUT2D eigenvalue weighted by atomic mass is 9.86. The molecule has 166 valence electrons. The Kier molecular flexibility index (Phi) is 6.44. The minimum absolute atomic E-state index is 0.556. The van der Waals surface area contributed by atoms with Crippen LogP contribution in [0, 0.1) is 0 Å². The van der Waals surface area contributed by atoms with Crippen LogP contribution in [0.5, 0.6) is 0 Å². The fourth-order valence-corrected chi connectivity index (χ4v) is 5.20. The van der Waals surface area contributed by atoms with Gasteiger partial charge in [0.15, 0.2) is 0 Å². The van der Waals surface area contributed by atoms with E-state index in [0.717, 1.165) is 65.4 Å². The summed E-state index contributed by atoms with van der Waals surface area (Å²) in [5.74, 6) is 0. The van der Waals surface area contributed by atoms with Crippen molar-refractivity contribution in [3.63, 3.8) is 0 Å². The molecule has 2 aromatic carbocycles. The van der Waals surface area contributed by atoms with Gasteiger partial charge in [-0.15, -0.1) is 0 Å². The molecule has 5 nitrogen and oxygen atoms in total. The van der Waals surface area contributed by atoms with Crippen LogP contribution in [0.3, 0.4) is 0 Å². The first kappa shape index (κ1) is 20.8. The molecule has 0 radical (unpaired) electrons. The molecule has 1 atom stereocenters. The number of piperazine rings is 1. The fraction of sp³-hybridized carbons (Fsp3) is 0.538. The number of nitrogens with zero attached hydrogens (tertiary/aromatic N) is 3. The Morgan fingerprint density at radius 2 is 1.68 bits per heavy atom. The maximum Gasteiger partial charge on any atom is 0.0642 e. The number of likely N-dealkylation sites (N-methyl/N-ethyl adjacent to an activating group) is 1. The first-order chi connectivity index (χ1) is 15.3. The first-order valence-corrected chi connectivity index (χ1v) is 12.0. The van der Waals surface area contributed by atoms with Crippen LogP contribution in [-0.4, -0.2) is 70.5 Å². The van der Waals surface area contributed by atoms with Gasteiger partial charge in [0.05, 0.1) is 13.2 Å². The van der Waals surface area contributed by atoms with Crippen molar-refractivity contribution in [2.75, 3.05) is 69.3 Å². The molecule has 5 heteroatoms. The van der Waals surface area contributed by atoms with Gasteiger partial charge < -0.3 is 24.8 Å². The van der Waals surface area contributed by atoms with E-state index in [9.17, 15) is 0 Å². The zero-order chi connectivity index (χ0) is 21.0. The molecule has 0 amide bonds. The van der Waals surface area contributed by atoms with E-state index in [4.69, 9.17) is 4.74 Å². The molecular formula is C26H36N4O. The first-order valence-electron chi connectivity index (χ1n) is 12.0. The van der Waals surface area contributed by atoms with Crippen molar-refractivity contribution in [2.24, 2.45) is 0 Å². The van der Waals surface area contributed by atoms with E-state index in [1.54, 1.807) is 11.1 Å². The number of hydrogen-bond acceptors (Lipinski definition) is 5. The normalized spacial score (nSPS) is 22.4. The lowest BCUT2D eigenvalue weighted by Crippen LogP contribution is -2.45. The van der Waals surface area contributed by atoms with Crippen molar-refractivity contribution in [1.82, 2.24) is 10.2 Å². The summed E-state index contributed by atoms with van der Waals surface area (Å²) in [6.07, 6.45) is 3.55. The summed E-state index contributed by atoms with van der Waals surface area (Å²) in [6, 6.07) is 16.6. The van der Waals surface area contributed by atoms with E-state index in [1.807, 2.05) is 0 Å². The molecule has 0 aromatic heterocycles. The summed E-state index contributed by atoms with van der Waals surface area (Å²) >= 11 is 0. The fourth-order valence-electron chi connectivity index (χ4n) is 5.20. The topological polar surface area (TPSA) is 31.0 Å². The van der Waals surface area contributed by atoms with E-state index >= 15 is 0 Å². The minimum atomic E-state index is 0.556. The number of fused-ring (bicyclic) bond motifs is 1. The second kappa shape index (κ2) is 9.60. The zero-order valence-corrected chi connectivity index (χ0v) is 18.9. The molecule has 2 saturated heterocycles. The zero-order valence-electron chi connectivity index (χ0n) is 18.9. The monoisotopic (exact) mass is 420 g/mol. The Hall–Kier alpha value is -2.08. The Morgan fingerprint density at radius 3 is 2.45 bits per heavy atom. The SMILES string of the molecule is CN1CCN(c2cccc3c2C[C@H](NCc2ccc(N4CCOCC4)cc2)CC3)CC1. The van der Waals surface area contributed by atoms with Gasteiger partial charge in [-0.1, -0.05) is 24.3 Å². The smallest absolute Gasteiger partial charge is 0.0642 e. The van der Waals surface area contributed by atoms with E-state index in [0.29, 0.717) is 6.04 Å². The van der Waals surface area contributed by atoms with E-state index in [2.05, 4.69) is 69.5 Å². The van der Waals surface area contributed by atoms with E-state index < -0.39 is 0 Å². The van der Waals surface area contributed by atoms with Gasteiger partial charge >= 0.3 is 0 Å². The quantitative estimate of drug-likeness (QED) is 0.804. The van der Waals surface area contributed by atoms with Crippen molar-refractivity contribution in [3.8, 4) is 0 Å². The number of morpholine rings is 1. The van der Waals surface area contributed by atoms with Crippen molar-refractivity contribution < 1.29 is 4.74 Å². The lowest BCUT2D eigenvalue weighted by molar-refractivity contribution is 0.122. The highest BCUT2D eigenvalue weighted by Gasteiger charge is 2.24. The number of rotatable bonds is 5. The van der Waals surface area contributed by atoms with Crippen molar-refractivity contribution in [2.45, 2.75) is 31.8 Å². The van der Waals surface area contributed by atoms with Gasteiger partial charge in [-0.25, -0.2) is 0 Å². The van der Waals surface area contributed by atoms with E-state index in [-0.39, 0.29) is 0 Å². The number of benzene rings is 2. The van der Waals surface area contributed by atoms with Crippen LogP contribution >= 0.6 is 0 Å². The molecule has 2 aromatic rings. The molecular weight excluding hydrogens is 384 g/mol. The molecule has 1 aliphatic carbocycles. The van der Waals surface area contributed by atoms with Crippen LogP contribution in [0.4, 0.5) is 11.4 Å². The largest absolute Gasteiger partial charge is 0.378 e. The third kappa shape index (κ3) is 4.89. The summed E-state index contributed by atoms with van der Waals surface area (Å²) in [4.78, 5) is 7.45. The van der Waals surface area contributed by atoms with Crippen LogP contribution in [0.2, 0.25) is 0 Å². The summed E-state index contributed by atoms with van der Waals surface area (Å²) in [5, 5.41) is 3.85. The van der Waals surface area contributed by atoms with Crippen molar-refractivity contribution >= 4 is 11.4 Å². The summed E-state index contributed by atoms with van der Waals surface area (Å²) in [6.45, 7) is 9.20. The van der Waals surface area contributed by atoms with Crippen molar-refractivity contribution in [1.29, 1.82) is 0 Å². The number of aryl methyl sites for hydroxylation is 1. The molecule has 2 fully saturated rings. The molecule has 2 heterocycles. The number of anilines is 2. The van der Waals surface area contributed by atoms with Gasteiger partial charge in [0.25, 0.3) is 0 Å². The summed E-state index contributed by atoms with van der Waals surface area (Å²) < 4.78 is 5.47.